The summed E-state index contributed by atoms with van der Waals surface area (Å²) in [7, 11) is 0. The maximum absolute atomic E-state index is 13.3. The number of pyridine rings is 1. The predicted molar refractivity (Wildman–Crippen MR) is 118 cm³/mol. The number of fused-ring (bicyclic) bond motifs is 1. The standard InChI is InChI=1S/C26H23NO2/c1-17-13-14-21(15-18(17)2)25(28)23-16-27(19(3)20-9-5-4-6-10-20)24-12-8-7-11-22(24)26(23)29/h4-16,19H,1-3H3. The first-order valence-corrected chi connectivity index (χ1v) is 9.78. The first kappa shape index (κ1) is 18.9. The van der Waals surface area contributed by atoms with Gasteiger partial charge in [-0.25, -0.2) is 0 Å². The van der Waals surface area contributed by atoms with Gasteiger partial charge in [0.2, 0.25) is 5.43 Å². The monoisotopic (exact) mass is 381 g/mol. The van der Waals surface area contributed by atoms with Gasteiger partial charge in [0, 0.05) is 17.1 Å². The van der Waals surface area contributed by atoms with Gasteiger partial charge >= 0.3 is 0 Å². The van der Waals surface area contributed by atoms with Crippen molar-refractivity contribution in [1.82, 2.24) is 4.57 Å². The van der Waals surface area contributed by atoms with Crippen LogP contribution in [0.15, 0.2) is 83.8 Å². The average molecular weight is 381 g/mol. The highest BCUT2D eigenvalue weighted by molar-refractivity contribution is 6.10. The van der Waals surface area contributed by atoms with Crippen LogP contribution in [0.4, 0.5) is 0 Å². The number of carbonyl (C=O) groups excluding carboxylic acids is 1. The third-order valence-electron chi connectivity index (χ3n) is 5.65. The van der Waals surface area contributed by atoms with E-state index in [4.69, 9.17) is 0 Å². The molecule has 1 heterocycles. The lowest BCUT2D eigenvalue weighted by Crippen LogP contribution is -2.21. The van der Waals surface area contributed by atoms with Gasteiger partial charge in [0.05, 0.1) is 17.1 Å². The van der Waals surface area contributed by atoms with Crippen LogP contribution in [0.3, 0.4) is 0 Å². The minimum atomic E-state index is -0.238. The van der Waals surface area contributed by atoms with Gasteiger partial charge in [-0.2, -0.15) is 0 Å². The van der Waals surface area contributed by atoms with E-state index in [1.807, 2.05) is 66.9 Å². The zero-order valence-corrected chi connectivity index (χ0v) is 16.8. The molecule has 144 valence electrons. The molecule has 0 aliphatic heterocycles. The Morgan fingerprint density at radius 1 is 0.862 bits per heavy atom. The molecule has 29 heavy (non-hydrogen) atoms. The molecular weight excluding hydrogens is 358 g/mol. The van der Waals surface area contributed by atoms with Gasteiger partial charge in [-0.15, -0.1) is 0 Å². The summed E-state index contributed by atoms with van der Waals surface area (Å²) in [6.07, 6.45) is 1.72. The predicted octanol–water partition coefficient (Wildman–Crippen LogP) is 5.46. The summed E-state index contributed by atoms with van der Waals surface area (Å²) in [5.41, 5.74) is 4.62. The van der Waals surface area contributed by atoms with Gasteiger partial charge in [0.1, 0.15) is 0 Å². The van der Waals surface area contributed by atoms with E-state index < -0.39 is 0 Å². The summed E-state index contributed by atoms with van der Waals surface area (Å²) in [6.45, 7) is 6.06. The van der Waals surface area contributed by atoms with E-state index in [-0.39, 0.29) is 22.8 Å². The van der Waals surface area contributed by atoms with Gasteiger partial charge in [-0.05, 0) is 55.7 Å². The minimum Gasteiger partial charge on any atom is -0.339 e. The van der Waals surface area contributed by atoms with Crippen molar-refractivity contribution in [1.29, 1.82) is 0 Å². The highest BCUT2D eigenvalue weighted by Crippen LogP contribution is 2.24. The molecule has 0 radical (unpaired) electrons. The summed E-state index contributed by atoms with van der Waals surface area (Å²) in [6, 6.07) is 23.1. The molecule has 3 aromatic carbocycles. The molecule has 0 aliphatic carbocycles. The molecule has 0 N–H and O–H groups in total. The van der Waals surface area contributed by atoms with E-state index >= 15 is 0 Å². The van der Waals surface area contributed by atoms with Gasteiger partial charge in [-0.1, -0.05) is 54.6 Å². The van der Waals surface area contributed by atoms with Crippen LogP contribution in [0.1, 0.15) is 45.6 Å². The second-order valence-corrected chi connectivity index (χ2v) is 7.51. The number of ketones is 1. The number of aryl methyl sites for hydroxylation is 2. The summed E-state index contributed by atoms with van der Waals surface area (Å²) in [5, 5.41) is 0.560. The van der Waals surface area contributed by atoms with Crippen molar-refractivity contribution in [2.45, 2.75) is 26.8 Å². The molecule has 4 aromatic rings. The van der Waals surface area contributed by atoms with E-state index in [0.29, 0.717) is 10.9 Å². The average Bonchev–Trinajstić information content (AvgIpc) is 2.76. The van der Waals surface area contributed by atoms with Gasteiger partial charge in [0.25, 0.3) is 0 Å². The number of aromatic nitrogens is 1. The van der Waals surface area contributed by atoms with Gasteiger partial charge in [-0.3, -0.25) is 9.59 Å². The Bertz CT molecular complexity index is 1270. The molecule has 0 bridgehead atoms. The third-order valence-corrected chi connectivity index (χ3v) is 5.65. The Labute approximate surface area is 170 Å². The number of hydrogen-bond donors (Lipinski definition) is 0. The van der Waals surface area contributed by atoms with Crippen molar-refractivity contribution in [3.05, 3.63) is 117 Å². The van der Waals surface area contributed by atoms with Crippen molar-refractivity contribution in [2.24, 2.45) is 0 Å². The van der Waals surface area contributed by atoms with Crippen molar-refractivity contribution < 1.29 is 4.79 Å². The summed E-state index contributed by atoms with van der Waals surface area (Å²) in [5.74, 6) is -0.238. The van der Waals surface area contributed by atoms with Crippen molar-refractivity contribution >= 4 is 16.7 Å². The molecule has 1 atom stereocenters. The molecule has 3 heteroatoms. The molecule has 4 rings (SSSR count). The number of carbonyl (C=O) groups is 1. The molecule has 1 aromatic heterocycles. The quantitative estimate of drug-likeness (QED) is 0.440. The van der Waals surface area contributed by atoms with Crippen molar-refractivity contribution in [2.75, 3.05) is 0 Å². The zero-order valence-electron chi connectivity index (χ0n) is 16.8. The lowest BCUT2D eigenvalue weighted by Gasteiger charge is -2.20. The Hall–Kier alpha value is -3.46. The largest absolute Gasteiger partial charge is 0.339 e. The molecule has 0 aliphatic rings. The van der Waals surface area contributed by atoms with E-state index in [2.05, 4.69) is 19.1 Å². The zero-order chi connectivity index (χ0) is 20.5. The second-order valence-electron chi connectivity index (χ2n) is 7.51. The number of hydrogen-bond acceptors (Lipinski definition) is 2. The molecule has 0 fully saturated rings. The van der Waals surface area contributed by atoms with Crippen LogP contribution in [0.2, 0.25) is 0 Å². The van der Waals surface area contributed by atoms with Gasteiger partial charge < -0.3 is 4.57 Å². The van der Waals surface area contributed by atoms with Crippen LogP contribution in [-0.2, 0) is 0 Å². The molecule has 0 saturated heterocycles. The Kier molecular flexibility index (Phi) is 4.89. The van der Waals surface area contributed by atoms with E-state index in [9.17, 15) is 9.59 Å². The maximum Gasteiger partial charge on any atom is 0.200 e. The van der Waals surface area contributed by atoms with E-state index in [1.165, 1.54) is 0 Å². The molecular formula is C26H23NO2. The second kappa shape index (κ2) is 7.51. The normalized spacial score (nSPS) is 12.1. The lowest BCUT2D eigenvalue weighted by atomic mass is 9.98. The third kappa shape index (κ3) is 3.40. The fourth-order valence-electron chi connectivity index (χ4n) is 3.72. The molecule has 1 unspecified atom stereocenters. The fraction of sp³-hybridized carbons (Fsp3) is 0.154. The van der Waals surface area contributed by atoms with Gasteiger partial charge in [0.15, 0.2) is 5.78 Å². The highest BCUT2D eigenvalue weighted by atomic mass is 16.1. The fourth-order valence-corrected chi connectivity index (χ4v) is 3.72. The van der Waals surface area contributed by atoms with Crippen molar-refractivity contribution in [3.8, 4) is 0 Å². The number of nitrogens with zero attached hydrogens (tertiary/aromatic N) is 1. The first-order valence-electron chi connectivity index (χ1n) is 9.78. The Morgan fingerprint density at radius 3 is 2.28 bits per heavy atom. The topological polar surface area (TPSA) is 39.1 Å². The number of rotatable bonds is 4. The van der Waals surface area contributed by atoms with Crippen LogP contribution in [-0.4, -0.2) is 10.4 Å². The molecule has 0 saturated carbocycles. The van der Waals surface area contributed by atoms with E-state index in [0.717, 1.165) is 22.2 Å². The Balaban J connectivity index is 1.93. The number of benzene rings is 3. The van der Waals surface area contributed by atoms with Crippen molar-refractivity contribution in [3.63, 3.8) is 0 Å². The van der Waals surface area contributed by atoms with Crippen LogP contribution in [0.5, 0.6) is 0 Å². The molecule has 0 spiro atoms. The van der Waals surface area contributed by atoms with Crippen LogP contribution >= 0.6 is 0 Å². The SMILES string of the molecule is Cc1ccc(C(=O)c2cn(C(C)c3ccccc3)c3ccccc3c2=O)cc1C. The number of para-hydroxylation sites is 1. The first-order chi connectivity index (χ1) is 14.0. The van der Waals surface area contributed by atoms with Crippen LogP contribution < -0.4 is 5.43 Å². The summed E-state index contributed by atoms with van der Waals surface area (Å²) in [4.78, 5) is 26.4. The smallest absolute Gasteiger partial charge is 0.200 e. The summed E-state index contributed by atoms with van der Waals surface area (Å²) < 4.78 is 2.03. The lowest BCUT2D eigenvalue weighted by molar-refractivity contribution is 0.103. The maximum atomic E-state index is 13.3. The summed E-state index contributed by atoms with van der Waals surface area (Å²) >= 11 is 0. The van der Waals surface area contributed by atoms with Crippen LogP contribution in [0, 0.1) is 13.8 Å². The highest BCUT2D eigenvalue weighted by Gasteiger charge is 2.19. The molecule has 0 amide bonds. The Morgan fingerprint density at radius 2 is 1.55 bits per heavy atom. The molecule has 3 nitrogen and oxygen atoms in total. The van der Waals surface area contributed by atoms with Crippen LogP contribution in [0.25, 0.3) is 10.9 Å². The minimum absolute atomic E-state index is 0.0204. The van der Waals surface area contributed by atoms with E-state index in [1.54, 1.807) is 18.3 Å².